The molecule has 0 aromatic heterocycles. The van der Waals surface area contributed by atoms with Crippen molar-refractivity contribution in [2.45, 2.75) is 6.54 Å². The van der Waals surface area contributed by atoms with Crippen molar-refractivity contribution in [2.75, 3.05) is 0 Å². The highest BCUT2D eigenvalue weighted by molar-refractivity contribution is 5.86. The van der Waals surface area contributed by atoms with Gasteiger partial charge in [-0.1, -0.05) is 42.5 Å². The van der Waals surface area contributed by atoms with Crippen molar-refractivity contribution in [1.29, 1.82) is 5.26 Å². The van der Waals surface area contributed by atoms with Crippen LogP contribution in [0.4, 0.5) is 0 Å². The molecule has 0 amide bonds. The number of nitrogens with one attached hydrogen (secondary N) is 1. The summed E-state index contributed by atoms with van der Waals surface area (Å²) in [6.07, 6.45) is 1.74. The number of nitrogens with two attached hydrogens (primary N) is 1. The highest BCUT2D eigenvalue weighted by Gasteiger charge is 1.99. The monoisotopic (exact) mass is 252 g/mol. The van der Waals surface area contributed by atoms with Crippen LogP contribution in [0.3, 0.4) is 0 Å². The Morgan fingerprint density at radius 1 is 1.21 bits per heavy atom. The molecule has 2 aromatic carbocycles. The molecule has 0 atom stereocenters. The molecule has 0 radical (unpaired) electrons. The first kappa shape index (κ1) is 14.3. The number of hydrogen-bond acceptors (Lipinski definition) is 2. The number of aliphatic imine (C=N–C) groups is 1. The maximum Gasteiger partial charge on any atom is 0.202 e. The average Bonchev–Trinajstić information content (AvgIpc) is 2.47. The van der Waals surface area contributed by atoms with Crippen LogP contribution >= 0.6 is 0 Å². The summed E-state index contributed by atoms with van der Waals surface area (Å²) < 4.78 is 0. The summed E-state index contributed by atoms with van der Waals surface area (Å²) in [6, 6.07) is 14.1. The standard InChI is InChI=1S/C13H12N4.C2H4/c14-9-17-13(15)16-8-11-6-3-5-10-4-1-2-7-12(10)11;1-2/h1-7H,8H2,(H3,15,16,17);1-2H2. The van der Waals surface area contributed by atoms with Crippen LogP contribution in [0.1, 0.15) is 5.56 Å². The Labute approximate surface area is 112 Å². The van der Waals surface area contributed by atoms with E-state index in [4.69, 9.17) is 11.0 Å². The lowest BCUT2D eigenvalue weighted by Crippen LogP contribution is -2.27. The number of nitriles is 1. The molecular formula is C15H16N4. The lowest BCUT2D eigenvalue weighted by Gasteiger charge is -2.04. The molecule has 4 heteroatoms. The zero-order chi connectivity index (χ0) is 14.1. The Kier molecular flexibility index (Phi) is 5.64. The molecule has 0 aliphatic heterocycles. The van der Waals surface area contributed by atoms with Gasteiger partial charge in [-0.25, -0.2) is 4.99 Å². The predicted molar refractivity (Wildman–Crippen MR) is 79.3 cm³/mol. The topological polar surface area (TPSA) is 74.2 Å². The molecule has 0 aliphatic carbocycles. The van der Waals surface area contributed by atoms with E-state index in [-0.39, 0.29) is 5.96 Å². The van der Waals surface area contributed by atoms with E-state index in [2.05, 4.69) is 35.6 Å². The summed E-state index contributed by atoms with van der Waals surface area (Å²) in [7, 11) is 0. The van der Waals surface area contributed by atoms with Gasteiger partial charge in [-0.3, -0.25) is 5.32 Å². The van der Waals surface area contributed by atoms with Gasteiger partial charge in [0, 0.05) is 0 Å². The Morgan fingerprint density at radius 2 is 1.89 bits per heavy atom. The van der Waals surface area contributed by atoms with Gasteiger partial charge in [0.15, 0.2) is 6.19 Å². The first-order valence-electron chi connectivity index (χ1n) is 5.73. The van der Waals surface area contributed by atoms with Crippen LogP contribution in [-0.4, -0.2) is 5.96 Å². The third-order valence-corrected chi connectivity index (χ3v) is 2.48. The van der Waals surface area contributed by atoms with E-state index < -0.39 is 0 Å². The predicted octanol–water partition coefficient (Wildman–Crippen LogP) is 2.53. The van der Waals surface area contributed by atoms with Crippen LogP contribution in [0, 0.1) is 11.5 Å². The molecule has 0 saturated carbocycles. The third kappa shape index (κ3) is 3.86. The quantitative estimate of drug-likeness (QED) is 0.283. The van der Waals surface area contributed by atoms with Crippen molar-refractivity contribution in [1.82, 2.24) is 5.32 Å². The second kappa shape index (κ2) is 7.51. The summed E-state index contributed by atoms with van der Waals surface area (Å²) in [5.41, 5.74) is 6.58. The van der Waals surface area contributed by atoms with Crippen molar-refractivity contribution in [3.8, 4) is 6.19 Å². The number of guanidine groups is 1. The molecule has 0 heterocycles. The number of nitrogens with zero attached hydrogens (tertiary/aromatic N) is 2. The molecule has 2 aromatic rings. The van der Waals surface area contributed by atoms with Gasteiger partial charge in [0.2, 0.25) is 5.96 Å². The summed E-state index contributed by atoms with van der Waals surface area (Å²) >= 11 is 0. The molecule has 96 valence electrons. The first-order valence-corrected chi connectivity index (χ1v) is 5.73. The maximum atomic E-state index is 8.38. The fourth-order valence-electron chi connectivity index (χ4n) is 1.70. The van der Waals surface area contributed by atoms with Crippen molar-refractivity contribution in [3.63, 3.8) is 0 Å². The number of hydrogen-bond donors (Lipinski definition) is 2. The van der Waals surface area contributed by atoms with Gasteiger partial charge < -0.3 is 5.73 Å². The van der Waals surface area contributed by atoms with Crippen LogP contribution in [0.15, 0.2) is 60.6 Å². The van der Waals surface area contributed by atoms with Crippen molar-refractivity contribution in [3.05, 3.63) is 61.2 Å². The molecule has 3 N–H and O–H groups in total. The Balaban J connectivity index is 0.000000861. The lowest BCUT2D eigenvalue weighted by atomic mass is 10.1. The minimum absolute atomic E-state index is 0.139. The van der Waals surface area contributed by atoms with Crippen LogP contribution in [0.5, 0.6) is 0 Å². The maximum absolute atomic E-state index is 8.38. The van der Waals surface area contributed by atoms with Gasteiger partial charge in [-0.15, -0.1) is 13.2 Å². The summed E-state index contributed by atoms with van der Waals surface area (Å²) in [5, 5.41) is 13.0. The molecule has 0 fully saturated rings. The van der Waals surface area contributed by atoms with E-state index >= 15 is 0 Å². The van der Waals surface area contributed by atoms with Crippen LogP contribution in [0.25, 0.3) is 10.8 Å². The smallest absolute Gasteiger partial charge is 0.202 e. The highest BCUT2D eigenvalue weighted by atomic mass is 15.1. The van der Waals surface area contributed by atoms with Gasteiger partial charge >= 0.3 is 0 Å². The van der Waals surface area contributed by atoms with Crippen molar-refractivity contribution < 1.29 is 0 Å². The van der Waals surface area contributed by atoms with E-state index in [0.29, 0.717) is 6.54 Å². The minimum Gasteiger partial charge on any atom is -0.369 e. The molecular weight excluding hydrogens is 236 g/mol. The van der Waals surface area contributed by atoms with Gasteiger partial charge in [0.1, 0.15) is 0 Å². The van der Waals surface area contributed by atoms with Crippen LogP contribution in [0.2, 0.25) is 0 Å². The van der Waals surface area contributed by atoms with E-state index in [9.17, 15) is 0 Å². The SMILES string of the molecule is C=C.N#CNC(N)=NCc1cccc2ccccc12. The summed E-state index contributed by atoms with van der Waals surface area (Å²) in [6.45, 7) is 6.46. The Hall–Kier alpha value is -2.80. The number of fused-ring (bicyclic) bond motifs is 1. The average molecular weight is 252 g/mol. The van der Waals surface area contributed by atoms with Crippen molar-refractivity contribution in [2.24, 2.45) is 10.7 Å². The number of rotatable bonds is 2. The van der Waals surface area contributed by atoms with Crippen LogP contribution in [-0.2, 0) is 6.54 Å². The third-order valence-electron chi connectivity index (χ3n) is 2.48. The molecule has 0 spiro atoms. The Morgan fingerprint density at radius 3 is 2.63 bits per heavy atom. The van der Waals surface area contributed by atoms with E-state index in [0.717, 1.165) is 10.9 Å². The largest absolute Gasteiger partial charge is 0.369 e. The zero-order valence-corrected chi connectivity index (χ0v) is 10.6. The van der Waals surface area contributed by atoms with Crippen molar-refractivity contribution >= 4 is 16.7 Å². The molecule has 0 bridgehead atoms. The molecule has 0 aliphatic rings. The molecule has 2 rings (SSSR count). The zero-order valence-electron chi connectivity index (χ0n) is 10.6. The first-order chi connectivity index (χ1) is 9.31. The van der Waals surface area contributed by atoms with Gasteiger partial charge in [-0.05, 0) is 16.3 Å². The fourth-order valence-corrected chi connectivity index (χ4v) is 1.70. The second-order valence-corrected chi connectivity index (χ2v) is 3.58. The molecule has 19 heavy (non-hydrogen) atoms. The van der Waals surface area contributed by atoms with Crippen LogP contribution < -0.4 is 11.1 Å². The molecule has 0 unspecified atom stereocenters. The van der Waals surface area contributed by atoms with Gasteiger partial charge in [0.05, 0.1) is 6.54 Å². The molecule has 0 saturated heterocycles. The summed E-state index contributed by atoms with van der Waals surface area (Å²) in [5.74, 6) is 0.139. The van der Waals surface area contributed by atoms with Gasteiger partial charge in [0.25, 0.3) is 0 Å². The van der Waals surface area contributed by atoms with E-state index in [1.54, 1.807) is 6.19 Å². The number of benzene rings is 2. The minimum atomic E-state index is 0.139. The Bertz CT molecular complexity index is 606. The lowest BCUT2D eigenvalue weighted by molar-refractivity contribution is 1.04. The fraction of sp³-hybridized carbons (Fsp3) is 0.0667. The molecule has 4 nitrogen and oxygen atoms in total. The second-order valence-electron chi connectivity index (χ2n) is 3.58. The normalized spacial score (nSPS) is 10.2. The highest BCUT2D eigenvalue weighted by Crippen LogP contribution is 2.18. The summed E-state index contributed by atoms with van der Waals surface area (Å²) in [4.78, 5) is 4.10. The van der Waals surface area contributed by atoms with E-state index in [1.165, 1.54) is 5.39 Å². The van der Waals surface area contributed by atoms with E-state index in [1.807, 2.05) is 30.3 Å². The van der Waals surface area contributed by atoms with Gasteiger partial charge in [-0.2, -0.15) is 5.26 Å².